The van der Waals surface area contributed by atoms with Crippen molar-refractivity contribution in [2.24, 2.45) is 0 Å². The molecule has 0 spiro atoms. The van der Waals surface area contributed by atoms with Gasteiger partial charge in [-0.1, -0.05) is 29.5 Å². The van der Waals surface area contributed by atoms with Crippen molar-refractivity contribution in [2.75, 3.05) is 11.0 Å². The summed E-state index contributed by atoms with van der Waals surface area (Å²) in [7, 11) is 0. The van der Waals surface area contributed by atoms with Gasteiger partial charge in [0.25, 0.3) is 0 Å². The van der Waals surface area contributed by atoms with Crippen molar-refractivity contribution in [3.05, 3.63) is 0 Å². The van der Waals surface area contributed by atoms with Gasteiger partial charge in [-0.2, -0.15) is 0 Å². The van der Waals surface area contributed by atoms with Crippen LogP contribution in [0.25, 0.3) is 0 Å². The van der Waals surface area contributed by atoms with Crippen molar-refractivity contribution in [2.45, 2.75) is 19.8 Å². The molecule has 0 aliphatic heterocycles. The highest BCUT2D eigenvalue weighted by Gasteiger charge is 1.95. The Bertz CT molecular complexity index is 85.1. The quantitative estimate of drug-likeness (QED) is 0.584. The number of hydrogen-bond donors (Lipinski definition) is 1. The summed E-state index contributed by atoms with van der Waals surface area (Å²) in [6.07, 6.45) is 1.67. The summed E-state index contributed by atoms with van der Waals surface area (Å²) < 4.78 is 0.910. The molecule has 0 aromatic carbocycles. The van der Waals surface area contributed by atoms with E-state index in [1.807, 2.05) is 6.92 Å². The molecule has 0 radical (unpaired) electrons. The maximum atomic E-state index is 10.7. The van der Waals surface area contributed by atoms with Gasteiger partial charge < -0.3 is 5.32 Å². The van der Waals surface area contributed by atoms with Crippen LogP contribution in [0.4, 0.5) is 0 Å². The van der Waals surface area contributed by atoms with Crippen molar-refractivity contribution in [3.63, 3.8) is 0 Å². The molecule has 0 aromatic heterocycles. The van der Waals surface area contributed by atoms with E-state index in [0.717, 1.165) is 17.4 Å². The minimum Gasteiger partial charge on any atom is -0.356 e. The maximum absolute atomic E-state index is 10.7. The van der Waals surface area contributed by atoms with Crippen molar-refractivity contribution >= 4 is 28.5 Å². The molecule has 2 nitrogen and oxygen atoms in total. The molecule has 54 valence electrons. The van der Waals surface area contributed by atoms with Crippen LogP contribution in [0.15, 0.2) is 0 Å². The normalized spacial score (nSPS) is 9.11. The third-order valence-corrected chi connectivity index (χ3v) is 1.43. The van der Waals surface area contributed by atoms with Crippen LogP contribution >= 0.6 is 22.6 Å². The van der Waals surface area contributed by atoms with Gasteiger partial charge in [0.15, 0.2) is 0 Å². The fourth-order valence-corrected chi connectivity index (χ4v) is 0.929. The monoisotopic (exact) mass is 241 g/mol. The molecule has 0 fully saturated rings. The number of nitrogens with one attached hydrogen (secondary N) is 1. The van der Waals surface area contributed by atoms with E-state index >= 15 is 0 Å². The number of rotatable bonds is 4. The Morgan fingerprint density at radius 3 is 2.78 bits per heavy atom. The van der Waals surface area contributed by atoms with E-state index in [4.69, 9.17) is 0 Å². The summed E-state index contributed by atoms with van der Waals surface area (Å²) in [6.45, 7) is 2.86. The average molecular weight is 241 g/mol. The van der Waals surface area contributed by atoms with Crippen molar-refractivity contribution < 1.29 is 4.79 Å². The predicted octanol–water partition coefficient (Wildman–Crippen LogP) is 1.34. The first-order valence-electron chi connectivity index (χ1n) is 3.14. The third kappa shape index (κ3) is 6.08. The van der Waals surface area contributed by atoms with Gasteiger partial charge in [0.2, 0.25) is 5.91 Å². The Balaban J connectivity index is 3.06. The number of carbonyl (C=O) groups excluding carboxylic acids is 1. The van der Waals surface area contributed by atoms with Gasteiger partial charge in [0, 0.05) is 17.4 Å². The Hall–Kier alpha value is 0.200. The van der Waals surface area contributed by atoms with Gasteiger partial charge in [0.05, 0.1) is 0 Å². The van der Waals surface area contributed by atoms with Crippen molar-refractivity contribution in [1.82, 2.24) is 5.32 Å². The lowest BCUT2D eigenvalue weighted by molar-refractivity contribution is -0.120. The summed E-state index contributed by atoms with van der Waals surface area (Å²) in [5.74, 6) is 0.172. The first-order chi connectivity index (χ1) is 4.31. The highest BCUT2D eigenvalue weighted by molar-refractivity contribution is 14.1. The summed E-state index contributed by atoms with van der Waals surface area (Å²) in [6, 6.07) is 0. The lowest BCUT2D eigenvalue weighted by Gasteiger charge is -1.98. The molecule has 1 amide bonds. The molecule has 0 atom stereocenters. The second-order valence-electron chi connectivity index (χ2n) is 1.79. The topological polar surface area (TPSA) is 29.1 Å². The first-order valence-corrected chi connectivity index (χ1v) is 4.66. The van der Waals surface area contributed by atoms with E-state index in [9.17, 15) is 4.79 Å². The zero-order chi connectivity index (χ0) is 7.11. The van der Waals surface area contributed by atoms with Gasteiger partial charge in [-0.05, 0) is 6.42 Å². The minimum atomic E-state index is 0.172. The highest BCUT2D eigenvalue weighted by Crippen LogP contribution is 1.87. The molecule has 0 unspecified atom stereocenters. The fourth-order valence-electron chi connectivity index (χ4n) is 0.439. The molecule has 0 rings (SSSR count). The van der Waals surface area contributed by atoms with Crippen LogP contribution in [0.5, 0.6) is 0 Å². The zero-order valence-corrected chi connectivity index (χ0v) is 7.77. The highest BCUT2D eigenvalue weighted by atomic mass is 127. The van der Waals surface area contributed by atoms with E-state index in [-0.39, 0.29) is 5.91 Å². The molecular weight excluding hydrogens is 229 g/mol. The molecule has 0 saturated heterocycles. The van der Waals surface area contributed by atoms with Gasteiger partial charge in [-0.25, -0.2) is 0 Å². The predicted molar refractivity (Wildman–Crippen MR) is 46.8 cm³/mol. The smallest absolute Gasteiger partial charge is 0.220 e. The van der Waals surface area contributed by atoms with Gasteiger partial charge in [-0.15, -0.1) is 0 Å². The van der Waals surface area contributed by atoms with Crippen molar-refractivity contribution in [3.8, 4) is 0 Å². The number of hydrogen-bond acceptors (Lipinski definition) is 1. The molecular formula is C6H12INO. The minimum absolute atomic E-state index is 0.172. The average Bonchev–Trinajstić information content (AvgIpc) is 1.85. The Labute approximate surface area is 69.5 Å². The summed E-state index contributed by atoms with van der Waals surface area (Å²) >= 11 is 2.19. The largest absolute Gasteiger partial charge is 0.356 e. The lowest BCUT2D eigenvalue weighted by Crippen LogP contribution is -2.23. The zero-order valence-electron chi connectivity index (χ0n) is 5.61. The molecule has 0 aromatic rings. The van der Waals surface area contributed by atoms with Gasteiger partial charge in [0.1, 0.15) is 0 Å². The number of halogens is 1. The van der Waals surface area contributed by atoms with Crippen LogP contribution in [-0.4, -0.2) is 16.9 Å². The number of amides is 1. The Morgan fingerprint density at radius 1 is 1.67 bits per heavy atom. The summed E-state index contributed by atoms with van der Waals surface area (Å²) in [5, 5.41) is 2.79. The molecule has 1 N–H and O–H groups in total. The van der Waals surface area contributed by atoms with Crippen molar-refractivity contribution in [1.29, 1.82) is 0 Å². The number of alkyl halides is 1. The standard InChI is InChI=1S/C6H12INO/c1-2-5-8-6(9)3-4-7/h2-5H2,1H3,(H,8,9). The lowest BCUT2D eigenvalue weighted by atomic mass is 10.4. The van der Waals surface area contributed by atoms with Crippen LogP contribution in [0, 0.1) is 0 Å². The Kier molecular flexibility index (Phi) is 6.46. The van der Waals surface area contributed by atoms with E-state index in [2.05, 4.69) is 27.9 Å². The van der Waals surface area contributed by atoms with E-state index in [0.29, 0.717) is 6.42 Å². The second kappa shape index (κ2) is 6.32. The maximum Gasteiger partial charge on any atom is 0.220 e. The number of carbonyl (C=O) groups is 1. The van der Waals surface area contributed by atoms with E-state index in [1.54, 1.807) is 0 Å². The van der Waals surface area contributed by atoms with Crippen LogP contribution in [0.1, 0.15) is 19.8 Å². The molecule has 0 bridgehead atoms. The van der Waals surface area contributed by atoms with Crippen LogP contribution in [0.2, 0.25) is 0 Å². The molecule has 0 aliphatic carbocycles. The van der Waals surface area contributed by atoms with Gasteiger partial charge in [-0.3, -0.25) is 4.79 Å². The van der Waals surface area contributed by atoms with Crippen LogP contribution in [0.3, 0.4) is 0 Å². The summed E-state index contributed by atoms with van der Waals surface area (Å²) in [4.78, 5) is 10.7. The molecule has 0 aliphatic rings. The van der Waals surface area contributed by atoms with Crippen LogP contribution < -0.4 is 5.32 Å². The van der Waals surface area contributed by atoms with E-state index < -0.39 is 0 Å². The van der Waals surface area contributed by atoms with Crippen LogP contribution in [-0.2, 0) is 4.79 Å². The second-order valence-corrected chi connectivity index (χ2v) is 2.87. The van der Waals surface area contributed by atoms with E-state index in [1.165, 1.54) is 0 Å². The fraction of sp³-hybridized carbons (Fsp3) is 0.833. The molecule has 0 saturated carbocycles. The summed E-state index contributed by atoms with van der Waals surface area (Å²) in [5.41, 5.74) is 0. The third-order valence-electron chi connectivity index (χ3n) is 0.894. The SMILES string of the molecule is CCCNC(=O)CCI. The first kappa shape index (κ1) is 9.20. The molecule has 3 heteroatoms. The molecule has 9 heavy (non-hydrogen) atoms. The van der Waals surface area contributed by atoms with Gasteiger partial charge >= 0.3 is 0 Å². The molecule has 0 heterocycles. The Morgan fingerprint density at radius 2 is 2.33 bits per heavy atom.